The number of hydrogen-bond acceptors (Lipinski definition) is 3. The van der Waals surface area contributed by atoms with Crippen molar-refractivity contribution in [1.29, 1.82) is 0 Å². The average Bonchev–Trinajstić information content (AvgIpc) is 2.22. The minimum atomic E-state index is 0.298. The lowest BCUT2D eigenvalue weighted by Gasteiger charge is -2.35. The normalized spacial score (nSPS) is 21.8. The molecule has 1 aliphatic rings. The van der Waals surface area contributed by atoms with Gasteiger partial charge in [-0.2, -0.15) is 0 Å². The molecule has 0 bridgehead atoms. The van der Waals surface area contributed by atoms with E-state index in [0.29, 0.717) is 6.61 Å². The van der Waals surface area contributed by atoms with Crippen LogP contribution in [0.25, 0.3) is 0 Å². The molecule has 0 radical (unpaired) electrons. The van der Waals surface area contributed by atoms with Gasteiger partial charge in [-0.25, -0.2) is 0 Å². The molecule has 0 aromatic heterocycles. The molecule has 15 heavy (non-hydrogen) atoms. The molecular formula is C12H26N2O. The molecule has 0 aromatic rings. The van der Waals surface area contributed by atoms with Gasteiger partial charge in [-0.1, -0.05) is 20.3 Å². The first kappa shape index (κ1) is 12.9. The topological polar surface area (TPSA) is 26.7 Å². The molecule has 0 saturated carbocycles. The molecule has 1 atom stereocenters. The van der Waals surface area contributed by atoms with Gasteiger partial charge in [-0.3, -0.25) is 4.90 Å². The van der Waals surface area contributed by atoms with Gasteiger partial charge in [-0.05, 0) is 12.3 Å². The van der Waals surface area contributed by atoms with Gasteiger partial charge in [0.2, 0.25) is 0 Å². The second-order valence-electron chi connectivity index (χ2n) is 4.76. The van der Waals surface area contributed by atoms with Gasteiger partial charge in [0.1, 0.15) is 0 Å². The van der Waals surface area contributed by atoms with Crippen LogP contribution in [-0.2, 0) is 0 Å². The largest absolute Gasteiger partial charge is 0.395 e. The van der Waals surface area contributed by atoms with Crippen LogP contribution in [0, 0.1) is 5.92 Å². The molecule has 0 aliphatic carbocycles. The molecule has 1 unspecified atom stereocenters. The van der Waals surface area contributed by atoms with Crippen LogP contribution in [0.4, 0.5) is 0 Å². The van der Waals surface area contributed by atoms with E-state index in [1.54, 1.807) is 0 Å². The van der Waals surface area contributed by atoms with Crippen LogP contribution in [0.2, 0.25) is 0 Å². The summed E-state index contributed by atoms with van der Waals surface area (Å²) in [6, 6.07) is 0. The molecule has 0 amide bonds. The van der Waals surface area contributed by atoms with Gasteiger partial charge in [0.05, 0.1) is 6.61 Å². The lowest BCUT2D eigenvalue weighted by Crippen LogP contribution is -2.48. The standard InChI is InChI=1S/C12H26N2O/c1-3-4-12(2)11-14-7-5-13(6-8-14)9-10-15/h12,15H,3-11H2,1-2H3. The smallest absolute Gasteiger partial charge is 0.0558 e. The third-order valence-electron chi connectivity index (χ3n) is 3.23. The molecule has 1 rings (SSSR count). The van der Waals surface area contributed by atoms with E-state index in [1.165, 1.54) is 32.5 Å². The number of rotatable bonds is 6. The van der Waals surface area contributed by atoms with E-state index in [9.17, 15) is 0 Å². The molecule has 1 heterocycles. The van der Waals surface area contributed by atoms with E-state index in [0.717, 1.165) is 25.6 Å². The van der Waals surface area contributed by atoms with E-state index in [-0.39, 0.29) is 0 Å². The highest BCUT2D eigenvalue weighted by atomic mass is 16.3. The first-order valence-corrected chi connectivity index (χ1v) is 6.31. The molecule has 0 spiro atoms. The highest BCUT2D eigenvalue weighted by molar-refractivity contribution is 4.73. The Labute approximate surface area is 94.1 Å². The first-order valence-electron chi connectivity index (χ1n) is 6.31. The number of nitrogens with zero attached hydrogens (tertiary/aromatic N) is 2. The Balaban J connectivity index is 2.14. The fourth-order valence-corrected chi connectivity index (χ4v) is 2.36. The van der Waals surface area contributed by atoms with Gasteiger partial charge in [0, 0.05) is 39.3 Å². The Kier molecular flexibility index (Phi) is 6.22. The summed E-state index contributed by atoms with van der Waals surface area (Å²) in [6.07, 6.45) is 2.64. The molecule has 1 N–H and O–H groups in total. The Morgan fingerprint density at radius 2 is 1.73 bits per heavy atom. The summed E-state index contributed by atoms with van der Waals surface area (Å²) < 4.78 is 0. The van der Waals surface area contributed by atoms with Crippen molar-refractivity contribution < 1.29 is 5.11 Å². The minimum Gasteiger partial charge on any atom is -0.395 e. The monoisotopic (exact) mass is 214 g/mol. The Morgan fingerprint density at radius 3 is 2.27 bits per heavy atom. The minimum absolute atomic E-state index is 0.298. The van der Waals surface area contributed by atoms with Crippen molar-refractivity contribution in [3.63, 3.8) is 0 Å². The zero-order valence-electron chi connectivity index (χ0n) is 10.3. The molecule has 3 nitrogen and oxygen atoms in total. The van der Waals surface area contributed by atoms with Gasteiger partial charge >= 0.3 is 0 Å². The maximum atomic E-state index is 8.84. The quantitative estimate of drug-likeness (QED) is 0.715. The van der Waals surface area contributed by atoms with Crippen LogP contribution in [0.15, 0.2) is 0 Å². The van der Waals surface area contributed by atoms with Crippen molar-refractivity contribution in [2.24, 2.45) is 5.92 Å². The van der Waals surface area contributed by atoms with Crippen molar-refractivity contribution in [3.8, 4) is 0 Å². The van der Waals surface area contributed by atoms with Crippen molar-refractivity contribution >= 4 is 0 Å². The Hall–Kier alpha value is -0.120. The van der Waals surface area contributed by atoms with Crippen LogP contribution in [0.1, 0.15) is 26.7 Å². The third kappa shape index (κ3) is 4.96. The van der Waals surface area contributed by atoms with E-state index >= 15 is 0 Å². The van der Waals surface area contributed by atoms with E-state index in [1.807, 2.05) is 0 Å². The van der Waals surface area contributed by atoms with Crippen LogP contribution in [0.5, 0.6) is 0 Å². The summed E-state index contributed by atoms with van der Waals surface area (Å²) >= 11 is 0. The lowest BCUT2D eigenvalue weighted by atomic mass is 10.1. The lowest BCUT2D eigenvalue weighted by molar-refractivity contribution is 0.102. The molecule has 1 aliphatic heterocycles. The zero-order chi connectivity index (χ0) is 11.1. The Bertz CT molecular complexity index is 156. The maximum Gasteiger partial charge on any atom is 0.0558 e. The van der Waals surface area contributed by atoms with Crippen LogP contribution >= 0.6 is 0 Å². The van der Waals surface area contributed by atoms with Crippen molar-refractivity contribution in [3.05, 3.63) is 0 Å². The highest BCUT2D eigenvalue weighted by Gasteiger charge is 2.17. The highest BCUT2D eigenvalue weighted by Crippen LogP contribution is 2.09. The summed E-state index contributed by atoms with van der Waals surface area (Å²) in [5.41, 5.74) is 0. The number of β-amino-alcohol motifs (C(OH)–C–C–N with tert-alkyl or cyclic N) is 1. The van der Waals surface area contributed by atoms with E-state index in [4.69, 9.17) is 5.11 Å². The van der Waals surface area contributed by atoms with Gasteiger partial charge in [0.15, 0.2) is 0 Å². The van der Waals surface area contributed by atoms with Crippen LogP contribution < -0.4 is 0 Å². The van der Waals surface area contributed by atoms with Gasteiger partial charge < -0.3 is 10.0 Å². The van der Waals surface area contributed by atoms with Gasteiger partial charge in [-0.15, -0.1) is 0 Å². The third-order valence-corrected chi connectivity index (χ3v) is 3.23. The molecule has 1 saturated heterocycles. The summed E-state index contributed by atoms with van der Waals surface area (Å²) in [7, 11) is 0. The van der Waals surface area contributed by atoms with Gasteiger partial charge in [0.25, 0.3) is 0 Å². The summed E-state index contributed by atoms with van der Waals surface area (Å²) in [5.74, 6) is 0.833. The number of aliphatic hydroxyl groups is 1. The molecule has 0 aromatic carbocycles. The zero-order valence-corrected chi connectivity index (χ0v) is 10.3. The molecule has 1 fully saturated rings. The van der Waals surface area contributed by atoms with Crippen LogP contribution in [-0.4, -0.2) is 60.8 Å². The second-order valence-corrected chi connectivity index (χ2v) is 4.76. The predicted octanol–water partition coefficient (Wildman–Crippen LogP) is 1.03. The molecular weight excluding hydrogens is 188 g/mol. The summed E-state index contributed by atoms with van der Waals surface area (Å²) in [5, 5.41) is 8.84. The van der Waals surface area contributed by atoms with E-state index < -0.39 is 0 Å². The fraction of sp³-hybridized carbons (Fsp3) is 1.00. The average molecular weight is 214 g/mol. The first-order chi connectivity index (χ1) is 7.26. The van der Waals surface area contributed by atoms with Crippen LogP contribution in [0.3, 0.4) is 0 Å². The maximum absolute atomic E-state index is 8.84. The molecule has 3 heteroatoms. The SMILES string of the molecule is CCCC(C)CN1CCN(CCO)CC1. The number of aliphatic hydroxyl groups excluding tert-OH is 1. The van der Waals surface area contributed by atoms with Crippen molar-refractivity contribution in [2.45, 2.75) is 26.7 Å². The fourth-order valence-electron chi connectivity index (χ4n) is 2.36. The summed E-state index contributed by atoms with van der Waals surface area (Å²) in [4.78, 5) is 4.91. The second kappa shape index (κ2) is 7.20. The van der Waals surface area contributed by atoms with E-state index in [2.05, 4.69) is 23.6 Å². The summed E-state index contributed by atoms with van der Waals surface area (Å²) in [6.45, 7) is 11.6. The predicted molar refractivity (Wildman–Crippen MR) is 64.0 cm³/mol. The number of hydrogen-bond donors (Lipinski definition) is 1. The Morgan fingerprint density at radius 1 is 1.13 bits per heavy atom. The number of piperazine rings is 1. The van der Waals surface area contributed by atoms with Crippen molar-refractivity contribution in [2.75, 3.05) is 45.9 Å². The van der Waals surface area contributed by atoms with Crippen molar-refractivity contribution in [1.82, 2.24) is 9.80 Å². The molecule has 90 valence electrons.